The van der Waals surface area contributed by atoms with Crippen LogP contribution in [0.15, 0.2) is 36.4 Å². The van der Waals surface area contributed by atoms with Crippen LogP contribution in [0.3, 0.4) is 0 Å². The molecule has 0 fully saturated rings. The van der Waals surface area contributed by atoms with Crippen LogP contribution in [0.5, 0.6) is 23.0 Å². The van der Waals surface area contributed by atoms with E-state index in [9.17, 15) is 30.0 Å². The van der Waals surface area contributed by atoms with E-state index in [2.05, 4.69) is 0 Å². The fourth-order valence-electron chi connectivity index (χ4n) is 3.79. The maximum absolute atomic E-state index is 11.1. The van der Waals surface area contributed by atoms with Gasteiger partial charge in [-0.25, -0.2) is 0 Å². The van der Waals surface area contributed by atoms with Crippen molar-refractivity contribution in [2.75, 3.05) is 0 Å². The number of benzene rings is 4. The van der Waals surface area contributed by atoms with Gasteiger partial charge >= 0.3 is 11.9 Å². The zero-order chi connectivity index (χ0) is 21.7. The maximum Gasteiger partial charge on any atom is 0.307 e. The first kappa shape index (κ1) is 19.1. The Morgan fingerprint density at radius 3 is 1.07 bits per heavy atom. The molecule has 4 rings (SSSR count). The Morgan fingerprint density at radius 2 is 0.767 bits per heavy atom. The van der Waals surface area contributed by atoms with E-state index < -0.39 is 24.8 Å². The SMILES string of the molecule is O=C(O)Cc1cc2c3cc(O)c(O)cc3c3cc(CC(=O)O)c(O)cc3c2cc1O. The van der Waals surface area contributed by atoms with E-state index in [1.165, 1.54) is 36.4 Å². The van der Waals surface area contributed by atoms with Crippen molar-refractivity contribution in [2.24, 2.45) is 0 Å². The molecule has 0 saturated heterocycles. The third-order valence-corrected chi connectivity index (χ3v) is 5.11. The largest absolute Gasteiger partial charge is 0.508 e. The summed E-state index contributed by atoms with van der Waals surface area (Å²) in [6, 6.07) is 8.35. The Morgan fingerprint density at radius 1 is 0.500 bits per heavy atom. The fraction of sp³-hybridized carbons (Fsp3) is 0.0909. The van der Waals surface area contributed by atoms with Gasteiger partial charge in [-0.3, -0.25) is 9.59 Å². The summed E-state index contributed by atoms with van der Waals surface area (Å²) in [4.78, 5) is 22.3. The van der Waals surface area contributed by atoms with Crippen LogP contribution in [-0.2, 0) is 22.4 Å². The second kappa shape index (κ2) is 6.70. The number of hydrogen-bond acceptors (Lipinski definition) is 6. The van der Waals surface area contributed by atoms with E-state index >= 15 is 0 Å². The minimum atomic E-state index is -1.13. The summed E-state index contributed by atoms with van der Waals surface area (Å²) in [6.45, 7) is 0. The van der Waals surface area contributed by atoms with Gasteiger partial charge in [0.15, 0.2) is 11.5 Å². The highest BCUT2D eigenvalue weighted by Crippen LogP contribution is 2.43. The molecule has 0 amide bonds. The molecule has 152 valence electrons. The van der Waals surface area contributed by atoms with Crippen LogP contribution in [0.2, 0.25) is 0 Å². The van der Waals surface area contributed by atoms with Crippen LogP contribution < -0.4 is 0 Å². The number of carboxylic acid groups (broad SMARTS) is 2. The van der Waals surface area contributed by atoms with Gasteiger partial charge in [0.1, 0.15) is 11.5 Å². The minimum Gasteiger partial charge on any atom is -0.508 e. The number of aliphatic carboxylic acids is 2. The normalized spacial score (nSPS) is 11.3. The average molecular weight is 408 g/mol. The van der Waals surface area contributed by atoms with E-state index in [4.69, 9.17) is 10.2 Å². The summed E-state index contributed by atoms with van der Waals surface area (Å²) in [5.41, 5.74) is 0.324. The standard InChI is InChI=1S/C22H16O8/c23-17-5-13-11(1-9(17)3-21(27)28)15-7-19(25)20(26)8-16(15)12-2-10(4-22(29)30)18(24)6-14(12)13/h1-2,5-8,23-26H,3-4H2,(H,27,28)(H,29,30). The van der Waals surface area contributed by atoms with Gasteiger partial charge in [-0.15, -0.1) is 0 Å². The van der Waals surface area contributed by atoms with Crippen molar-refractivity contribution in [3.05, 3.63) is 47.5 Å². The van der Waals surface area contributed by atoms with Crippen LogP contribution in [0, 0.1) is 0 Å². The third kappa shape index (κ3) is 3.04. The van der Waals surface area contributed by atoms with Crippen LogP contribution in [0.25, 0.3) is 32.3 Å². The summed E-state index contributed by atoms with van der Waals surface area (Å²) in [7, 11) is 0. The number of phenols is 4. The number of carboxylic acids is 2. The highest BCUT2D eigenvalue weighted by Gasteiger charge is 2.18. The van der Waals surface area contributed by atoms with Crippen LogP contribution in [-0.4, -0.2) is 42.6 Å². The van der Waals surface area contributed by atoms with Crippen molar-refractivity contribution in [1.29, 1.82) is 0 Å². The van der Waals surface area contributed by atoms with E-state index in [0.717, 1.165) is 0 Å². The summed E-state index contributed by atoms with van der Waals surface area (Å²) >= 11 is 0. The zero-order valence-electron chi connectivity index (χ0n) is 15.4. The van der Waals surface area contributed by atoms with Gasteiger partial charge in [-0.05, 0) is 68.7 Å². The number of rotatable bonds is 4. The lowest BCUT2D eigenvalue weighted by molar-refractivity contribution is -0.137. The first-order valence-corrected chi connectivity index (χ1v) is 8.88. The number of aromatic hydroxyl groups is 4. The van der Waals surface area contributed by atoms with Crippen molar-refractivity contribution in [2.45, 2.75) is 12.8 Å². The molecule has 4 aromatic carbocycles. The van der Waals surface area contributed by atoms with E-state index in [1.54, 1.807) is 0 Å². The van der Waals surface area contributed by atoms with E-state index in [-0.39, 0.29) is 34.1 Å². The Labute approximate surface area is 168 Å². The van der Waals surface area contributed by atoms with Gasteiger partial charge in [0.25, 0.3) is 0 Å². The van der Waals surface area contributed by atoms with Crippen LogP contribution >= 0.6 is 0 Å². The smallest absolute Gasteiger partial charge is 0.307 e. The number of phenolic OH excluding ortho intramolecular Hbond substituents is 4. The van der Waals surface area contributed by atoms with Crippen molar-refractivity contribution in [3.8, 4) is 23.0 Å². The predicted molar refractivity (Wildman–Crippen MR) is 108 cm³/mol. The molecule has 0 radical (unpaired) electrons. The Hall–Kier alpha value is -4.20. The van der Waals surface area contributed by atoms with Gasteiger partial charge in [0, 0.05) is 11.1 Å². The lowest BCUT2D eigenvalue weighted by atomic mass is 9.90. The maximum atomic E-state index is 11.1. The summed E-state index contributed by atoms with van der Waals surface area (Å²) < 4.78 is 0. The lowest BCUT2D eigenvalue weighted by Gasteiger charge is -2.15. The Kier molecular flexibility index (Phi) is 4.27. The first-order valence-electron chi connectivity index (χ1n) is 8.88. The summed E-state index contributed by atoms with van der Waals surface area (Å²) in [5, 5.41) is 61.8. The molecule has 0 aromatic heterocycles. The number of carbonyl (C=O) groups is 2. The molecule has 0 unspecified atom stereocenters. The van der Waals surface area contributed by atoms with Gasteiger partial charge < -0.3 is 30.6 Å². The van der Waals surface area contributed by atoms with E-state index in [1.807, 2.05) is 0 Å². The topological polar surface area (TPSA) is 156 Å². The second-order valence-electron chi connectivity index (χ2n) is 7.08. The molecule has 0 aliphatic carbocycles. The van der Waals surface area contributed by atoms with E-state index in [0.29, 0.717) is 32.3 Å². The molecule has 0 spiro atoms. The molecule has 8 nitrogen and oxygen atoms in total. The Bertz CT molecular complexity index is 1260. The van der Waals surface area contributed by atoms with Crippen molar-refractivity contribution >= 4 is 44.3 Å². The molecule has 4 aromatic rings. The average Bonchev–Trinajstić information content (AvgIpc) is 2.65. The minimum absolute atomic E-state index is 0.162. The number of hydrogen-bond donors (Lipinski definition) is 6. The van der Waals surface area contributed by atoms with Crippen molar-refractivity contribution < 1.29 is 40.2 Å². The number of fused-ring (bicyclic) bond motifs is 6. The molecule has 0 atom stereocenters. The van der Waals surface area contributed by atoms with Crippen LogP contribution in [0.4, 0.5) is 0 Å². The molecule has 0 heterocycles. The quantitative estimate of drug-likeness (QED) is 0.222. The second-order valence-corrected chi connectivity index (χ2v) is 7.08. The first-order chi connectivity index (χ1) is 14.2. The fourth-order valence-corrected chi connectivity index (χ4v) is 3.79. The summed E-state index contributed by atoms with van der Waals surface area (Å²) in [5.74, 6) is -3.54. The molecular weight excluding hydrogens is 392 g/mol. The van der Waals surface area contributed by atoms with Gasteiger partial charge in [-0.1, -0.05) is 0 Å². The van der Waals surface area contributed by atoms with Gasteiger partial charge in [0.05, 0.1) is 12.8 Å². The molecule has 0 aliphatic heterocycles. The zero-order valence-corrected chi connectivity index (χ0v) is 15.4. The van der Waals surface area contributed by atoms with Crippen molar-refractivity contribution in [3.63, 3.8) is 0 Å². The highest BCUT2D eigenvalue weighted by molar-refractivity contribution is 6.26. The van der Waals surface area contributed by atoms with Gasteiger partial charge in [-0.2, -0.15) is 0 Å². The molecule has 8 heteroatoms. The van der Waals surface area contributed by atoms with Crippen LogP contribution in [0.1, 0.15) is 11.1 Å². The third-order valence-electron chi connectivity index (χ3n) is 5.11. The molecular formula is C22H16O8. The monoisotopic (exact) mass is 408 g/mol. The highest BCUT2D eigenvalue weighted by atomic mass is 16.4. The molecule has 30 heavy (non-hydrogen) atoms. The molecule has 0 saturated carbocycles. The summed E-state index contributed by atoms with van der Waals surface area (Å²) in [6.07, 6.45) is -0.845. The molecule has 0 aliphatic rings. The molecule has 6 N–H and O–H groups in total. The van der Waals surface area contributed by atoms with Gasteiger partial charge in [0.2, 0.25) is 0 Å². The van der Waals surface area contributed by atoms with Crippen molar-refractivity contribution in [1.82, 2.24) is 0 Å². The lowest BCUT2D eigenvalue weighted by Crippen LogP contribution is -2.01. The molecule has 0 bridgehead atoms. The predicted octanol–water partition coefficient (Wildman–Crippen LogP) is 3.22. The Balaban J connectivity index is 2.21.